The minimum atomic E-state index is -0.267. The first-order valence-corrected chi connectivity index (χ1v) is 7.63. The molecular weight excluding hydrogens is 364 g/mol. The summed E-state index contributed by atoms with van der Waals surface area (Å²) in [7, 11) is 0. The Morgan fingerprint density at radius 3 is 2.35 bits per heavy atom. The molecule has 0 fully saturated rings. The average molecular weight is 377 g/mol. The van der Waals surface area contributed by atoms with Crippen LogP contribution in [-0.4, -0.2) is 6.04 Å². The van der Waals surface area contributed by atoms with Crippen molar-refractivity contribution in [3.8, 4) is 0 Å². The Labute approximate surface area is 136 Å². The summed E-state index contributed by atoms with van der Waals surface area (Å²) in [6, 6.07) is 10.2. The van der Waals surface area contributed by atoms with Crippen LogP contribution in [0.5, 0.6) is 0 Å². The van der Waals surface area contributed by atoms with Crippen LogP contribution in [0.3, 0.4) is 0 Å². The van der Waals surface area contributed by atoms with Gasteiger partial charge in [-0.15, -0.1) is 0 Å². The summed E-state index contributed by atoms with van der Waals surface area (Å²) in [6.07, 6.45) is 1.25. The lowest BCUT2D eigenvalue weighted by Crippen LogP contribution is -2.25. The van der Waals surface area contributed by atoms with E-state index in [1.807, 2.05) is 18.2 Å². The second kappa shape index (κ2) is 6.90. The Kier molecular flexibility index (Phi) is 5.44. The highest BCUT2D eigenvalue weighted by molar-refractivity contribution is 9.10. The molecule has 2 aromatic rings. The van der Waals surface area contributed by atoms with Gasteiger partial charge in [0.2, 0.25) is 0 Å². The molecule has 1 nitrogen and oxygen atoms in total. The van der Waals surface area contributed by atoms with Crippen LogP contribution < -0.4 is 5.73 Å². The van der Waals surface area contributed by atoms with E-state index in [0.717, 1.165) is 11.1 Å². The predicted molar refractivity (Wildman–Crippen MR) is 85.9 cm³/mol. The molecule has 0 spiro atoms. The SMILES string of the molecule is NC(Cc1cc(F)cc(Br)c1)Cc1ccc(Cl)c(Cl)c1. The van der Waals surface area contributed by atoms with Gasteiger partial charge in [-0.3, -0.25) is 0 Å². The number of hydrogen-bond acceptors (Lipinski definition) is 1. The van der Waals surface area contributed by atoms with E-state index in [9.17, 15) is 4.39 Å². The molecule has 2 N–H and O–H groups in total. The van der Waals surface area contributed by atoms with E-state index < -0.39 is 0 Å². The first-order valence-electron chi connectivity index (χ1n) is 6.08. The van der Waals surface area contributed by atoms with Crippen LogP contribution >= 0.6 is 39.1 Å². The maximum atomic E-state index is 13.3. The first kappa shape index (κ1) is 15.8. The fourth-order valence-corrected chi connectivity index (χ4v) is 2.91. The monoisotopic (exact) mass is 375 g/mol. The Bertz CT molecular complexity index is 599. The molecule has 0 aromatic heterocycles. The molecular formula is C15H13BrCl2FN. The zero-order valence-electron chi connectivity index (χ0n) is 10.5. The molecule has 2 rings (SSSR count). The van der Waals surface area contributed by atoms with Gasteiger partial charge >= 0.3 is 0 Å². The van der Waals surface area contributed by atoms with Crippen molar-refractivity contribution in [2.45, 2.75) is 18.9 Å². The van der Waals surface area contributed by atoms with Crippen LogP contribution in [0, 0.1) is 5.82 Å². The van der Waals surface area contributed by atoms with Crippen molar-refractivity contribution in [2.75, 3.05) is 0 Å². The summed E-state index contributed by atoms with van der Waals surface area (Å²) in [5, 5.41) is 1.04. The smallest absolute Gasteiger partial charge is 0.124 e. The van der Waals surface area contributed by atoms with Crippen LogP contribution in [0.1, 0.15) is 11.1 Å². The molecule has 2 aromatic carbocycles. The van der Waals surface area contributed by atoms with E-state index in [2.05, 4.69) is 15.9 Å². The summed E-state index contributed by atoms with van der Waals surface area (Å²) in [5.41, 5.74) is 7.99. The minimum Gasteiger partial charge on any atom is -0.327 e. The number of benzene rings is 2. The van der Waals surface area contributed by atoms with Crippen molar-refractivity contribution < 1.29 is 4.39 Å². The van der Waals surface area contributed by atoms with E-state index in [-0.39, 0.29) is 11.9 Å². The van der Waals surface area contributed by atoms with Crippen LogP contribution in [0.25, 0.3) is 0 Å². The average Bonchev–Trinajstić information content (AvgIpc) is 2.32. The summed E-state index contributed by atoms with van der Waals surface area (Å²) < 4.78 is 14.0. The van der Waals surface area contributed by atoms with Gasteiger partial charge in [0.05, 0.1) is 10.0 Å². The van der Waals surface area contributed by atoms with Crippen molar-refractivity contribution in [1.82, 2.24) is 0 Å². The van der Waals surface area contributed by atoms with Gasteiger partial charge in [-0.25, -0.2) is 4.39 Å². The van der Waals surface area contributed by atoms with Gasteiger partial charge in [-0.05, 0) is 54.3 Å². The molecule has 0 aliphatic rings. The molecule has 20 heavy (non-hydrogen) atoms. The number of halogens is 4. The van der Waals surface area contributed by atoms with Gasteiger partial charge in [-0.2, -0.15) is 0 Å². The van der Waals surface area contributed by atoms with E-state index in [1.165, 1.54) is 12.1 Å². The van der Waals surface area contributed by atoms with Crippen LogP contribution in [0.15, 0.2) is 40.9 Å². The van der Waals surface area contributed by atoms with Crippen molar-refractivity contribution in [3.05, 3.63) is 67.9 Å². The topological polar surface area (TPSA) is 26.0 Å². The first-order chi connectivity index (χ1) is 9.44. The van der Waals surface area contributed by atoms with Crippen molar-refractivity contribution in [2.24, 2.45) is 5.73 Å². The number of rotatable bonds is 4. The lowest BCUT2D eigenvalue weighted by atomic mass is 10.00. The zero-order chi connectivity index (χ0) is 14.7. The minimum absolute atomic E-state index is 0.110. The molecule has 1 unspecified atom stereocenters. The molecule has 106 valence electrons. The van der Waals surface area contributed by atoms with Crippen LogP contribution in [-0.2, 0) is 12.8 Å². The third-order valence-electron chi connectivity index (χ3n) is 2.90. The van der Waals surface area contributed by atoms with E-state index >= 15 is 0 Å². The Morgan fingerprint density at radius 2 is 1.70 bits per heavy atom. The van der Waals surface area contributed by atoms with Crippen LogP contribution in [0.2, 0.25) is 10.0 Å². The molecule has 0 saturated heterocycles. The highest BCUT2D eigenvalue weighted by Gasteiger charge is 2.09. The van der Waals surface area contributed by atoms with E-state index in [0.29, 0.717) is 27.4 Å². The maximum absolute atomic E-state index is 13.3. The second-order valence-electron chi connectivity index (χ2n) is 4.69. The van der Waals surface area contributed by atoms with Gasteiger partial charge < -0.3 is 5.73 Å². The molecule has 5 heteroatoms. The highest BCUT2D eigenvalue weighted by Crippen LogP contribution is 2.23. The Morgan fingerprint density at radius 1 is 1.00 bits per heavy atom. The third kappa shape index (κ3) is 4.45. The maximum Gasteiger partial charge on any atom is 0.124 e. The second-order valence-corrected chi connectivity index (χ2v) is 6.42. The molecule has 0 heterocycles. The number of nitrogens with two attached hydrogens (primary N) is 1. The van der Waals surface area contributed by atoms with Crippen molar-refractivity contribution in [3.63, 3.8) is 0 Å². The number of hydrogen-bond donors (Lipinski definition) is 1. The quantitative estimate of drug-likeness (QED) is 0.797. The standard InChI is InChI=1S/C15H13BrCl2FN/c16-11-3-10(4-12(19)8-11)6-13(20)5-9-1-2-14(17)15(18)7-9/h1-4,7-8,13H,5-6,20H2. The third-order valence-corrected chi connectivity index (χ3v) is 4.10. The highest BCUT2D eigenvalue weighted by atomic mass is 79.9. The Hall–Kier alpha value is -0.610. The Balaban J connectivity index is 2.04. The van der Waals surface area contributed by atoms with Gasteiger partial charge in [0.25, 0.3) is 0 Å². The molecule has 0 bridgehead atoms. The van der Waals surface area contributed by atoms with E-state index in [4.69, 9.17) is 28.9 Å². The largest absolute Gasteiger partial charge is 0.327 e. The summed E-state index contributed by atoms with van der Waals surface area (Å²) in [6.45, 7) is 0. The normalized spacial score (nSPS) is 12.4. The zero-order valence-corrected chi connectivity index (χ0v) is 13.6. The van der Waals surface area contributed by atoms with Gasteiger partial charge in [-0.1, -0.05) is 45.2 Å². The summed E-state index contributed by atoms with van der Waals surface area (Å²) >= 11 is 15.1. The lowest BCUT2D eigenvalue weighted by molar-refractivity contribution is 0.617. The molecule has 0 aliphatic heterocycles. The summed E-state index contributed by atoms with van der Waals surface area (Å²) in [4.78, 5) is 0. The molecule has 0 amide bonds. The van der Waals surface area contributed by atoms with Gasteiger partial charge in [0.15, 0.2) is 0 Å². The van der Waals surface area contributed by atoms with Gasteiger partial charge in [0, 0.05) is 10.5 Å². The molecule has 1 atom stereocenters. The fraction of sp³-hybridized carbons (Fsp3) is 0.200. The van der Waals surface area contributed by atoms with Crippen molar-refractivity contribution in [1.29, 1.82) is 0 Å². The van der Waals surface area contributed by atoms with E-state index in [1.54, 1.807) is 6.07 Å². The van der Waals surface area contributed by atoms with Crippen LogP contribution in [0.4, 0.5) is 4.39 Å². The molecule has 0 aliphatic carbocycles. The molecule has 0 radical (unpaired) electrons. The molecule has 0 saturated carbocycles. The lowest BCUT2D eigenvalue weighted by Gasteiger charge is -2.13. The predicted octanol–water partition coefficient (Wildman–Crippen LogP) is 5.01. The van der Waals surface area contributed by atoms with Crippen molar-refractivity contribution >= 4 is 39.1 Å². The summed E-state index contributed by atoms with van der Waals surface area (Å²) in [5.74, 6) is -0.267. The fourth-order valence-electron chi connectivity index (χ4n) is 2.07. The van der Waals surface area contributed by atoms with Gasteiger partial charge in [0.1, 0.15) is 5.82 Å².